The summed E-state index contributed by atoms with van der Waals surface area (Å²) in [5, 5.41) is 10.1. The third-order valence-electron chi connectivity index (χ3n) is 5.44. The molecule has 0 saturated carbocycles. The molecule has 4 rings (SSSR count). The van der Waals surface area contributed by atoms with Gasteiger partial charge in [0.1, 0.15) is 16.7 Å². The highest BCUT2D eigenvalue weighted by Gasteiger charge is 2.72. The third-order valence-corrected chi connectivity index (χ3v) is 5.94. The maximum atomic E-state index is 13.8. The highest BCUT2D eigenvalue weighted by Crippen LogP contribution is 2.56. The van der Waals surface area contributed by atoms with Crippen molar-refractivity contribution in [2.24, 2.45) is 0 Å². The molecule has 2 aromatic rings. The van der Waals surface area contributed by atoms with Crippen LogP contribution >= 0.6 is 11.6 Å². The Bertz CT molecular complexity index is 1190. The van der Waals surface area contributed by atoms with Crippen LogP contribution < -0.4 is 14.5 Å². The Labute approximate surface area is 193 Å². The van der Waals surface area contributed by atoms with E-state index in [2.05, 4.69) is 0 Å². The van der Waals surface area contributed by atoms with E-state index in [9.17, 15) is 24.5 Å². The number of halogens is 1. The number of benzene rings is 2. The van der Waals surface area contributed by atoms with Crippen molar-refractivity contribution in [2.45, 2.75) is 37.3 Å². The maximum absolute atomic E-state index is 13.8. The predicted molar refractivity (Wildman–Crippen MR) is 119 cm³/mol. The summed E-state index contributed by atoms with van der Waals surface area (Å²) in [6, 6.07) is 9.92. The van der Waals surface area contributed by atoms with Crippen molar-refractivity contribution in [2.75, 3.05) is 16.9 Å². The Hall–Kier alpha value is -3.66. The zero-order chi connectivity index (χ0) is 24.3. The SMILES string of the molecule is COc1ccc(N2C(=O)C(Cl)C23C(=O)N(C(=O)OC(C)(C)C)c2ccc([N+](=O)[O-])cc23)cc1. The summed E-state index contributed by atoms with van der Waals surface area (Å²) in [6.07, 6.45) is -0.975. The second-order valence-corrected chi connectivity index (χ2v) is 9.02. The second kappa shape index (κ2) is 7.45. The van der Waals surface area contributed by atoms with Gasteiger partial charge in [-0.25, -0.2) is 9.69 Å². The minimum Gasteiger partial charge on any atom is -0.497 e. The summed E-state index contributed by atoms with van der Waals surface area (Å²) in [5.74, 6) is -0.895. The predicted octanol–water partition coefficient (Wildman–Crippen LogP) is 3.73. The van der Waals surface area contributed by atoms with Crippen LogP contribution in [0, 0.1) is 10.1 Å². The molecular weight excluding hydrogens is 454 g/mol. The van der Waals surface area contributed by atoms with E-state index in [1.54, 1.807) is 45.0 Å². The molecule has 1 fully saturated rings. The average Bonchev–Trinajstić information content (AvgIpc) is 3.02. The van der Waals surface area contributed by atoms with Crippen LogP contribution in [0.15, 0.2) is 42.5 Å². The van der Waals surface area contributed by atoms with Gasteiger partial charge in [-0.15, -0.1) is 11.6 Å². The van der Waals surface area contributed by atoms with Gasteiger partial charge < -0.3 is 9.47 Å². The van der Waals surface area contributed by atoms with E-state index in [0.717, 1.165) is 15.9 Å². The zero-order valence-corrected chi connectivity index (χ0v) is 19.0. The number of carbonyl (C=O) groups is 3. The monoisotopic (exact) mass is 473 g/mol. The van der Waals surface area contributed by atoms with E-state index >= 15 is 0 Å². The normalized spacial score (nSPS) is 21.7. The van der Waals surface area contributed by atoms with Crippen molar-refractivity contribution < 1.29 is 28.8 Å². The lowest BCUT2D eigenvalue weighted by molar-refractivity contribution is -0.384. The molecule has 2 unspecified atom stereocenters. The Morgan fingerprint density at radius 3 is 2.33 bits per heavy atom. The van der Waals surface area contributed by atoms with E-state index in [1.807, 2.05) is 0 Å². The lowest BCUT2D eigenvalue weighted by atomic mass is 9.77. The van der Waals surface area contributed by atoms with Crippen molar-refractivity contribution in [3.63, 3.8) is 0 Å². The summed E-state index contributed by atoms with van der Waals surface area (Å²) in [7, 11) is 1.48. The Morgan fingerprint density at radius 2 is 1.79 bits per heavy atom. The number of nitrogens with zero attached hydrogens (tertiary/aromatic N) is 3. The van der Waals surface area contributed by atoms with Gasteiger partial charge in [0, 0.05) is 23.4 Å². The molecule has 2 aliphatic heterocycles. The van der Waals surface area contributed by atoms with Gasteiger partial charge in [0.25, 0.3) is 11.6 Å². The number of methoxy groups -OCH3 is 1. The summed E-state index contributed by atoms with van der Waals surface area (Å²) in [5.41, 5.74) is -2.63. The number of nitro groups is 1. The number of fused-ring (bicyclic) bond motifs is 2. The molecule has 0 aliphatic carbocycles. The first kappa shape index (κ1) is 22.5. The molecule has 1 spiro atoms. The Morgan fingerprint density at radius 1 is 1.15 bits per heavy atom. The molecule has 33 heavy (non-hydrogen) atoms. The van der Waals surface area contributed by atoms with Crippen molar-refractivity contribution in [1.29, 1.82) is 0 Å². The van der Waals surface area contributed by atoms with E-state index < -0.39 is 39.3 Å². The smallest absolute Gasteiger partial charge is 0.421 e. The van der Waals surface area contributed by atoms with Crippen LogP contribution in [0.3, 0.4) is 0 Å². The molecule has 2 atom stereocenters. The van der Waals surface area contributed by atoms with E-state index in [4.69, 9.17) is 21.1 Å². The lowest BCUT2D eigenvalue weighted by Gasteiger charge is -2.51. The van der Waals surface area contributed by atoms with E-state index in [-0.39, 0.29) is 16.9 Å². The van der Waals surface area contributed by atoms with Crippen LogP contribution in [0.2, 0.25) is 0 Å². The molecule has 11 heteroatoms. The minimum absolute atomic E-state index is 0.0662. The van der Waals surface area contributed by atoms with Gasteiger partial charge in [-0.3, -0.25) is 24.6 Å². The van der Waals surface area contributed by atoms with Gasteiger partial charge in [0.15, 0.2) is 5.54 Å². The number of anilines is 2. The van der Waals surface area contributed by atoms with Crippen LogP contribution in [-0.2, 0) is 19.9 Å². The number of amides is 3. The molecule has 0 aromatic heterocycles. The molecule has 0 radical (unpaired) electrons. The number of imide groups is 1. The molecule has 10 nitrogen and oxygen atoms in total. The topological polar surface area (TPSA) is 119 Å². The number of nitro benzene ring substituents is 1. The van der Waals surface area contributed by atoms with Crippen LogP contribution in [-0.4, -0.2) is 40.9 Å². The molecule has 1 saturated heterocycles. The fraction of sp³-hybridized carbons (Fsp3) is 0.318. The largest absolute Gasteiger partial charge is 0.497 e. The Kier molecular flexibility index (Phi) is 5.08. The highest BCUT2D eigenvalue weighted by atomic mass is 35.5. The first-order chi connectivity index (χ1) is 15.4. The Balaban J connectivity index is 1.92. The first-order valence-corrected chi connectivity index (χ1v) is 10.4. The number of hydrogen-bond acceptors (Lipinski definition) is 7. The molecule has 2 aromatic carbocycles. The third kappa shape index (κ3) is 3.20. The van der Waals surface area contributed by atoms with Gasteiger partial charge in [-0.1, -0.05) is 0 Å². The molecule has 0 N–H and O–H groups in total. The van der Waals surface area contributed by atoms with Gasteiger partial charge in [0.2, 0.25) is 5.91 Å². The molecule has 2 heterocycles. The lowest BCUT2D eigenvalue weighted by Crippen LogP contribution is -2.74. The summed E-state index contributed by atoms with van der Waals surface area (Å²) < 4.78 is 10.5. The number of ether oxygens (including phenoxy) is 2. The summed E-state index contributed by atoms with van der Waals surface area (Å²) in [4.78, 5) is 52.4. The fourth-order valence-electron chi connectivity index (χ4n) is 4.06. The van der Waals surface area contributed by atoms with Crippen molar-refractivity contribution >= 4 is 46.6 Å². The molecule has 0 bridgehead atoms. The van der Waals surface area contributed by atoms with Gasteiger partial charge in [-0.05, 0) is 51.1 Å². The first-order valence-electron chi connectivity index (χ1n) is 9.92. The second-order valence-electron chi connectivity index (χ2n) is 8.58. The van der Waals surface area contributed by atoms with Crippen LogP contribution in [0.5, 0.6) is 5.75 Å². The van der Waals surface area contributed by atoms with Crippen molar-refractivity contribution in [1.82, 2.24) is 0 Å². The number of hydrogen-bond donors (Lipinski definition) is 0. The van der Waals surface area contributed by atoms with Gasteiger partial charge in [-0.2, -0.15) is 0 Å². The van der Waals surface area contributed by atoms with Crippen LogP contribution in [0.4, 0.5) is 21.9 Å². The van der Waals surface area contributed by atoms with Crippen molar-refractivity contribution in [3.05, 3.63) is 58.1 Å². The molecule has 172 valence electrons. The molecule has 3 amide bonds. The van der Waals surface area contributed by atoms with Gasteiger partial charge >= 0.3 is 6.09 Å². The van der Waals surface area contributed by atoms with Gasteiger partial charge in [0.05, 0.1) is 17.7 Å². The zero-order valence-electron chi connectivity index (χ0n) is 18.2. The van der Waals surface area contributed by atoms with E-state index in [1.165, 1.54) is 19.2 Å². The summed E-state index contributed by atoms with van der Waals surface area (Å²) >= 11 is 6.44. The number of non-ortho nitro benzene ring substituents is 1. The van der Waals surface area contributed by atoms with Crippen LogP contribution in [0.1, 0.15) is 26.3 Å². The minimum atomic E-state index is -1.86. The summed E-state index contributed by atoms with van der Waals surface area (Å²) in [6.45, 7) is 4.91. The quantitative estimate of drug-likeness (QED) is 0.288. The number of rotatable bonds is 3. The van der Waals surface area contributed by atoms with E-state index in [0.29, 0.717) is 11.4 Å². The van der Waals surface area contributed by atoms with Crippen LogP contribution in [0.25, 0.3) is 0 Å². The molecule has 2 aliphatic rings. The number of carbonyl (C=O) groups excluding carboxylic acids is 3. The fourth-order valence-corrected chi connectivity index (χ4v) is 4.46. The highest BCUT2D eigenvalue weighted by molar-refractivity contribution is 6.44. The standard InChI is InChI=1S/C22H20ClN3O7/c1-21(2,3)33-20(29)24-16-10-7-13(26(30)31)11-15(16)22(19(24)28)17(23)18(27)25(22)12-5-8-14(32-4)9-6-12/h5-11,17H,1-4H3. The average molecular weight is 474 g/mol. The molecular formula is C22H20ClN3O7. The number of alkyl halides is 1. The van der Waals surface area contributed by atoms with Crippen molar-refractivity contribution in [3.8, 4) is 5.75 Å². The maximum Gasteiger partial charge on any atom is 0.421 e. The number of β-lactam (4-membered cyclic amide) rings is 1.